The summed E-state index contributed by atoms with van der Waals surface area (Å²) in [6.07, 6.45) is 0.159. The quantitative estimate of drug-likeness (QED) is 0.378. The Bertz CT molecular complexity index is 531. The van der Waals surface area contributed by atoms with E-state index >= 15 is 0 Å². The molecule has 0 aromatic heterocycles. The number of rotatable bonds is 2. The molecule has 1 rings (SSSR count). The van der Waals surface area contributed by atoms with Crippen molar-refractivity contribution < 1.29 is 27.5 Å². The van der Waals surface area contributed by atoms with Gasteiger partial charge in [0.05, 0.1) is 0 Å². The van der Waals surface area contributed by atoms with E-state index in [-0.39, 0.29) is 6.42 Å². The van der Waals surface area contributed by atoms with Gasteiger partial charge >= 0.3 is 5.97 Å². The molecule has 0 radical (unpaired) electrons. The molecule has 0 fully saturated rings. The Morgan fingerprint density at radius 1 is 1.11 bits per heavy atom. The van der Waals surface area contributed by atoms with Crippen LogP contribution in [0.4, 0.5) is 17.6 Å². The number of aromatic carboxylic acids is 1. The lowest BCUT2D eigenvalue weighted by Crippen LogP contribution is -2.11. The molecule has 0 bridgehead atoms. The first-order valence-corrected chi connectivity index (χ1v) is 5.24. The lowest BCUT2D eigenvalue weighted by Gasteiger charge is -2.05. The van der Waals surface area contributed by atoms with Crippen LogP contribution in [0.2, 0.25) is 0 Å². The highest BCUT2D eigenvalue weighted by atomic mass is 32.1. The van der Waals surface area contributed by atoms with Gasteiger partial charge in [-0.3, -0.25) is 0 Å². The molecule has 18 heavy (non-hydrogen) atoms. The number of halogens is 4. The summed E-state index contributed by atoms with van der Waals surface area (Å²) in [5, 5.41) is 8.44. The number of carboxylic acid groups (broad SMARTS) is 1. The summed E-state index contributed by atoms with van der Waals surface area (Å²) < 4.78 is 53.1. The van der Waals surface area contributed by atoms with Crippen molar-refractivity contribution in [2.75, 3.05) is 5.75 Å². The van der Waals surface area contributed by atoms with Crippen LogP contribution in [0.3, 0.4) is 0 Å². The second-order valence-corrected chi connectivity index (χ2v) is 3.53. The number of hydrogen-bond donors (Lipinski definition) is 2. The number of hydrogen-bond acceptors (Lipinski definition) is 2. The smallest absolute Gasteiger partial charge is 0.341 e. The van der Waals surface area contributed by atoms with Gasteiger partial charge in [0.15, 0.2) is 23.3 Å². The van der Waals surface area contributed by atoms with Crippen molar-refractivity contribution >= 4 is 18.6 Å². The summed E-state index contributed by atoms with van der Waals surface area (Å²) >= 11 is 3.79. The van der Waals surface area contributed by atoms with Gasteiger partial charge in [-0.2, -0.15) is 12.6 Å². The lowest BCUT2D eigenvalue weighted by atomic mass is 10.1. The van der Waals surface area contributed by atoms with Crippen LogP contribution < -0.4 is 0 Å². The minimum atomic E-state index is -2.10. The second-order valence-electron chi connectivity index (χ2n) is 3.09. The van der Waals surface area contributed by atoms with Gasteiger partial charge in [-0.05, 0) is 0 Å². The molecular weight excluding hydrogens is 272 g/mol. The zero-order valence-electron chi connectivity index (χ0n) is 8.73. The van der Waals surface area contributed by atoms with Crippen LogP contribution in [0.1, 0.15) is 22.3 Å². The zero-order chi connectivity index (χ0) is 13.9. The average Bonchev–Trinajstić information content (AvgIpc) is 2.31. The van der Waals surface area contributed by atoms with Crippen LogP contribution in [-0.4, -0.2) is 16.8 Å². The van der Waals surface area contributed by atoms with Crippen molar-refractivity contribution in [1.82, 2.24) is 0 Å². The third-order valence-electron chi connectivity index (χ3n) is 1.93. The summed E-state index contributed by atoms with van der Waals surface area (Å²) in [7, 11) is 0. The number of carbonyl (C=O) groups is 1. The molecule has 96 valence electrons. The van der Waals surface area contributed by atoms with Gasteiger partial charge in [0, 0.05) is 12.2 Å². The molecule has 0 unspecified atom stereocenters. The molecule has 1 aromatic rings. The molecule has 1 N–H and O–H groups in total. The SMILES string of the molecule is O=C(O)c1c(F)c(F)c(C#CCCS)c(F)c1F. The molecule has 7 heteroatoms. The van der Waals surface area contributed by atoms with Crippen molar-refractivity contribution in [3.8, 4) is 11.8 Å². The van der Waals surface area contributed by atoms with Gasteiger partial charge in [0.1, 0.15) is 11.1 Å². The number of carboxylic acids is 1. The van der Waals surface area contributed by atoms with E-state index in [4.69, 9.17) is 5.11 Å². The molecule has 0 aliphatic rings. The summed E-state index contributed by atoms with van der Waals surface area (Å²) in [6, 6.07) is 0. The first-order chi connectivity index (χ1) is 8.41. The molecule has 2 nitrogen and oxygen atoms in total. The van der Waals surface area contributed by atoms with E-state index in [0.29, 0.717) is 5.75 Å². The van der Waals surface area contributed by atoms with Gasteiger partial charge in [0.25, 0.3) is 0 Å². The Hall–Kier alpha value is -1.68. The van der Waals surface area contributed by atoms with Gasteiger partial charge in [0.2, 0.25) is 0 Å². The highest BCUT2D eigenvalue weighted by molar-refractivity contribution is 7.80. The molecule has 0 aliphatic heterocycles. The molecule has 0 spiro atoms. The molecule has 1 aromatic carbocycles. The van der Waals surface area contributed by atoms with Crippen LogP contribution in [0.25, 0.3) is 0 Å². The average molecular weight is 278 g/mol. The minimum Gasteiger partial charge on any atom is -0.477 e. The van der Waals surface area contributed by atoms with E-state index in [0.717, 1.165) is 0 Å². The Labute approximate surface area is 105 Å². The van der Waals surface area contributed by atoms with E-state index in [9.17, 15) is 22.4 Å². The summed E-state index contributed by atoms with van der Waals surface area (Å²) in [6.45, 7) is 0. The van der Waals surface area contributed by atoms with Crippen LogP contribution in [-0.2, 0) is 0 Å². The van der Waals surface area contributed by atoms with E-state index in [1.807, 2.05) is 5.92 Å². The predicted molar refractivity (Wildman–Crippen MR) is 58.6 cm³/mol. The van der Waals surface area contributed by atoms with Crippen LogP contribution >= 0.6 is 12.6 Å². The Balaban J connectivity index is 3.50. The van der Waals surface area contributed by atoms with Crippen molar-refractivity contribution in [2.24, 2.45) is 0 Å². The first kappa shape index (κ1) is 14.4. The van der Waals surface area contributed by atoms with Crippen molar-refractivity contribution in [1.29, 1.82) is 0 Å². The number of thiol groups is 1. The van der Waals surface area contributed by atoms with E-state index < -0.39 is 40.4 Å². The first-order valence-electron chi connectivity index (χ1n) is 4.60. The summed E-state index contributed by atoms with van der Waals surface area (Å²) in [4.78, 5) is 10.5. The fourth-order valence-corrected chi connectivity index (χ4v) is 1.25. The Morgan fingerprint density at radius 3 is 2.00 bits per heavy atom. The molecule has 0 aliphatic carbocycles. The van der Waals surface area contributed by atoms with Crippen LogP contribution in [0.15, 0.2) is 0 Å². The standard InChI is InChI=1S/C11H6F4O2S/c12-7-5(3-1-2-4-18)8(13)10(15)6(9(7)14)11(16)17/h18H,2,4H2,(H,16,17). The van der Waals surface area contributed by atoms with Crippen molar-refractivity contribution in [3.63, 3.8) is 0 Å². The molecule has 0 saturated carbocycles. The van der Waals surface area contributed by atoms with Crippen LogP contribution in [0, 0.1) is 35.1 Å². The topological polar surface area (TPSA) is 37.3 Å². The highest BCUT2D eigenvalue weighted by Gasteiger charge is 2.28. The van der Waals surface area contributed by atoms with E-state index in [2.05, 4.69) is 18.5 Å². The van der Waals surface area contributed by atoms with Crippen molar-refractivity contribution in [2.45, 2.75) is 6.42 Å². The Morgan fingerprint density at radius 2 is 1.61 bits per heavy atom. The lowest BCUT2D eigenvalue weighted by molar-refractivity contribution is 0.0683. The fraction of sp³-hybridized carbons (Fsp3) is 0.182. The summed E-state index contributed by atoms with van der Waals surface area (Å²) in [5.41, 5.74) is -2.80. The minimum absolute atomic E-state index is 0.159. The van der Waals surface area contributed by atoms with Crippen molar-refractivity contribution in [3.05, 3.63) is 34.4 Å². The number of benzene rings is 1. The van der Waals surface area contributed by atoms with Gasteiger partial charge in [-0.15, -0.1) is 0 Å². The fourth-order valence-electron chi connectivity index (χ4n) is 1.14. The molecule has 0 amide bonds. The van der Waals surface area contributed by atoms with Gasteiger partial charge < -0.3 is 5.11 Å². The van der Waals surface area contributed by atoms with Gasteiger partial charge in [-0.1, -0.05) is 11.8 Å². The maximum absolute atomic E-state index is 13.3. The zero-order valence-corrected chi connectivity index (χ0v) is 9.62. The molecular formula is C11H6F4O2S. The van der Waals surface area contributed by atoms with Crippen LogP contribution in [0.5, 0.6) is 0 Å². The van der Waals surface area contributed by atoms with Gasteiger partial charge in [-0.25, -0.2) is 22.4 Å². The highest BCUT2D eigenvalue weighted by Crippen LogP contribution is 2.23. The Kier molecular flexibility index (Phi) is 4.62. The largest absolute Gasteiger partial charge is 0.477 e. The molecule has 0 atom stereocenters. The predicted octanol–water partition coefficient (Wildman–Crippen LogP) is 2.61. The molecule has 0 heterocycles. The monoisotopic (exact) mass is 278 g/mol. The maximum atomic E-state index is 13.3. The molecule has 0 saturated heterocycles. The third-order valence-corrected chi connectivity index (χ3v) is 2.15. The van der Waals surface area contributed by atoms with E-state index in [1.54, 1.807) is 0 Å². The van der Waals surface area contributed by atoms with E-state index in [1.165, 1.54) is 0 Å². The maximum Gasteiger partial charge on any atom is 0.341 e. The summed E-state index contributed by atoms with van der Waals surface area (Å²) in [5.74, 6) is -5.24. The normalized spacial score (nSPS) is 9.83. The second kappa shape index (κ2) is 5.78. The third kappa shape index (κ3) is 2.59.